The van der Waals surface area contributed by atoms with Gasteiger partial charge in [-0.2, -0.15) is 5.10 Å². The van der Waals surface area contributed by atoms with Gasteiger partial charge in [0.15, 0.2) is 4.77 Å². The van der Waals surface area contributed by atoms with Crippen LogP contribution in [-0.4, -0.2) is 19.3 Å². The molecule has 0 aliphatic rings. The molecule has 0 fully saturated rings. The van der Waals surface area contributed by atoms with E-state index in [2.05, 4.69) is 10.1 Å². The van der Waals surface area contributed by atoms with Gasteiger partial charge in [0.1, 0.15) is 0 Å². The van der Waals surface area contributed by atoms with Gasteiger partial charge in [-0.15, -0.1) is 0 Å². The minimum Gasteiger partial charge on any atom is -0.332 e. The third-order valence-corrected chi connectivity index (χ3v) is 3.88. The summed E-state index contributed by atoms with van der Waals surface area (Å²) >= 11 is 5.30. The van der Waals surface area contributed by atoms with Gasteiger partial charge in [-0.1, -0.05) is 12.1 Å². The van der Waals surface area contributed by atoms with Crippen LogP contribution in [0, 0.1) is 11.7 Å². The van der Waals surface area contributed by atoms with Crippen molar-refractivity contribution in [2.24, 2.45) is 7.05 Å². The fourth-order valence-corrected chi connectivity index (χ4v) is 2.47. The number of hydrogen-bond donors (Lipinski definition) is 1. The van der Waals surface area contributed by atoms with E-state index in [1.807, 2.05) is 32.2 Å². The number of H-pyrrole nitrogens is 1. The van der Waals surface area contributed by atoms with Gasteiger partial charge in [-0.05, 0) is 31.3 Å². The molecule has 0 bridgehead atoms. The molecule has 6 heteroatoms. The van der Waals surface area contributed by atoms with E-state index in [-0.39, 0.29) is 5.56 Å². The Balaban J connectivity index is 2.19. The molecular weight excluding hydrogens is 272 g/mol. The highest BCUT2D eigenvalue weighted by molar-refractivity contribution is 7.71. The van der Waals surface area contributed by atoms with E-state index in [1.54, 1.807) is 21.5 Å². The molecule has 20 heavy (non-hydrogen) atoms. The Morgan fingerprint density at radius 3 is 2.80 bits per heavy atom. The number of aromatic amines is 1. The van der Waals surface area contributed by atoms with Gasteiger partial charge in [-0.3, -0.25) is 14.0 Å². The highest BCUT2D eigenvalue weighted by atomic mass is 32.1. The fourth-order valence-electron chi connectivity index (χ4n) is 2.21. The minimum atomic E-state index is -0.0763. The first-order valence-electron chi connectivity index (χ1n) is 6.27. The van der Waals surface area contributed by atoms with Crippen molar-refractivity contribution in [1.29, 1.82) is 0 Å². The SMILES string of the molecule is Cc1c(Cn2c(=S)[nH]c3ccccc3c2=O)cnn1C. The molecule has 5 nitrogen and oxygen atoms in total. The summed E-state index contributed by atoms with van der Waals surface area (Å²) in [6.07, 6.45) is 1.77. The minimum absolute atomic E-state index is 0.0763. The molecule has 0 saturated heterocycles. The first-order chi connectivity index (χ1) is 9.58. The van der Waals surface area contributed by atoms with E-state index in [0.717, 1.165) is 16.8 Å². The van der Waals surface area contributed by atoms with Crippen molar-refractivity contribution >= 4 is 23.1 Å². The lowest BCUT2D eigenvalue weighted by Crippen LogP contribution is -2.23. The monoisotopic (exact) mass is 286 g/mol. The fraction of sp³-hybridized carbons (Fsp3) is 0.214. The summed E-state index contributed by atoms with van der Waals surface area (Å²) in [5.41, 5.74) is 2.71. The third kappa shape index (κ3) is 1.98. The van der Waals surface area contributed by atoms with Crippen LogP contribution >= 0.6 is 12.2 Å². The molecule has 0 amide bonds. The van der Waals surface area contributed by atoms with Crippen molar-refractivity contribution in [1.82, 2.24) is 19.3 Å². The van der Waals surface area contributed by atoms with E-state index in [4.69, 9.17) is 12.2 Å². The molecule has 2 aromatic heterocycles. The molecule has 3 rings (SSSR count). The van der Waals surface area contributed by atoms with Crippen molar-refractivity contribution in [3.05, 3.63) is 56.8 Å². The molecule has 0 aliphatic heterocycles. The molecule has 0 saturated carbocycles. The van der Waals surface area contributed by atoms with Crippen LogP contribution in [0.25, 0.3) is 10.9 Å². The standard InChI is InChI=1S/C14H14N4OS/c1-9-10(7-15-17(9)2)8-18-13(19)11-5-3-4-6-12(11)16-14(18)20/h3-7H,8H2,1-2H3,(H,16,20). The zero-order chi connectivity index (χ0) is 14.3. The highest BCUT2D eigenvalue weighted by Crippen LogP contribution is 2.10. The van der Waals surface area contributed by atoms with Gasteiger partial charge in [0, 0.05) is 18.3 Å². The van der Waals surface area contributed by atoms with Crippen molar-refractivity contribution in [2.75, 3.05) is 0 Å². The average Bonchev–Trinajstić information content (AvgIpc) is 2.75. The van der Waals surface area contributed by atoms with E-state index >= 15 is 0 Å². The van der Waals surface area contributed by atoms with Crippen molar-refractivity contribution in [3.63, 3.8) is 0 Å². The summed E-state index contributed by atoms with van der Waals surface area (Å²) in [6.45, 7) is 2.40. The zero-order valence-electron chi connectivity index (χ0n) is 11.3. The predicted octanol–water partition coefficient (Wildman–Crippen LogP) is 2.15. The molecule has 0 atom stereocenters. The van der Waals surface area contributed by atoms with Gasteiger partial charge in [0.2, 0.25) is 0 Å². The van der Waals surface area contributed by atoms with Crippen LogP contribution in [0.1, 0.15) is 11.3 Å². The summed E-state index contributed by atoms with van der Waals surface area (Å²) in [6, 6.07) is 7.38. The second kappa shape index (κ2) is 4.72. The molecule has 0 spiro atoms. The maximum Gasteiger partial charge on any atom is 0.262 e. The quantitative estimate of drug-likeness (QED) is 0.734. The Labute approximate surface area is 120 Å². The van der Waals surface area contributed by atoms with Crippen LogP contribution in [0.5, 0.6) is 0 Å². The second-order valence-corrected chi connectivity index (χ2v) is 5.13. The van der Waals surface area contributed by atoms with Gasteiger partial charge >= 0.3 is 0 Å². The maximum atomic E-state index is 12.5. The van der Waals surface area contributed by atoms with Gasteiger partial charge in [-0.25, -0.2) is 0 Å². The molecule has 1 N–H and O–H groups in total. The largest absolute Gasteiger partial charge is 0.332 e. The molecule has 0 radical (unpaired) electrons. The summed E-state index contributed by atoms with van der Waals surface area (Å²) in [5, 5.41) is 4.83. The molecule has 1 aromatic carbocycles. The number of aryl methyl sites for hydroxylation is 1. The lowest BCUT2D eigenvalue weighted by molar-refractivity contribution is 0.714. The van der Waals surface area contributed by atoms with Crippen molar-refractivity contribution in [2.45, 2.75) is 13.5 Å². The predicted molar refractivity (Wildman–Crippen MR) is 80.4 cm³/mol. The summed E-state index contributed by atoms with van der Waals surface area (Å²) in [5.74, 6) is 0. The molecule has 0 aliphatic carbocycles. The summed E-state index contributed by atoms with van der Waals surface area (Å²) in [7, 11) is 1.88. The number of benzene rings is 1. The molecule has 102 valence electrons. The maximum absolute atomic E-state index is 12.5. The normalized spacial score (nSPS) is 11.1. The Morgan fingerprint density at radius 2 is 2.10 bits per heavy atom. The van der Waals surface area contributed by atoms with E-state index < -0.39 is 0 Å². The Hall–Kier alpha value is -2.21. The second-order valence-electron chi connectivity index (χ2n) is 4.75. The molecule has 3 aromatic rings. The topological polar surface area (TPSA) is 55.6 Å². The number of nitrogens with one attached hydrogen (secondary N) is 1. The van der Waals surface area contributed by atoms with E-state index in [1.165, 1.54) is 0 Å². The lowest BCUT2D eigenvalue weighted by Gasteiger charge is -2.07. The van der Waals surface area contributed by atoms with Crippen LogP contribution in [0.4, 0.5) is 0 Å². The smallest absolute Gasteiger partial charge is 0.262 e. The van der Waals surface area contributed by atoms with Crippen LogP contribution in [0.3, 0.4) is 0 Å². The average molecular weight is 286 g/mol. The first kappa shape index (κ1) is 12.8. The third-order valence-electron chi connectivity index (χ3n) is 3.55. The molecular formula is C14H14N4OS. The Bertz CT molecular complexity index is 903. The Morgan fingerprint density at radius 1 is 1.35 bits per heavy atom. The van der Waals surface area contributed by atoms with Crippen molar-refractivity contribution in [3.8, 4) is 0 Å². The van der Waals surface area contributed by atoms with E-state index in [0.29, 0.717) is 16.7 Å². The Kier molecular flexibility index (Phi) is 3.02. The van der Waals surface area contributed by atoms with E-state index in [9.17, 15) is 4.79 Å². The van der Waals surface area contributed by atoms with Crippen LogP contribution in [0.15, 0.2) is 35.3 Å². The summed E-state index contributed by atoms with van der Waals surface area (Å²) in [4.78, 5) is 15.6. The van der Waals surface area contributed by atoms with Gasteiger partial charge in [0.05, 0.1) is 23.6 Å². The first-order valence-corrected chi connectivity index (χ1v) is 6.68. The number of para-hydroxylation sites is 1. The number of nitrogens with zero attached hydrogens (tertiary/aromatic N) is 3. The molecule has 0 unspecified atom stereocenters. The van der Waals surface area contributed by atoms with Crippen LogP contribution in [-0.2, 0) is 13.6 Å². The van der Waals surface area contributed by atoms with Crippen molar-refractivity contribution < 1.29 is 0 Å². The lowest BCUT2D eigenvalue weighted by atomic mass is 10.2. The number of hydrogen-bond acceptors (Lipinski definition) is 3. The van der Waals surface area contributed by atoms with Crippen LogP contribution in [0.2, 0.25) is 0 Å². The number of rotatable bonds is 2. The van der Waals surface area contributed by atoms with Crippen LogP contribution < -0.4 is 5.56 Å². The summed E-state index contributed by atoms with van der Waals surface area (Å²) < 4.78 is 3.78. The van der Waals surface area contributed by atoms with Gasteiger partial charge < -0.3 is 4.98 Å². The number of fused-ring (bicyclic) bond motifs is 1. The zero-order valence-corrected chi connectivity index (χ0v) is 12.1. The van der Waals surface area contributed by atoms with Gasteiger partial charge in [0.25, 0.3) is 5.56 Å². The molecule has 2 heterocycles. The highest BCUT2D eigenvalue weighted by Gasteiger charge is 2.09. The number of aromatic nitrogens is 4.